The number of nitrogens with zero attached hydrogens (tertiary/aromatic N) is 1. The number of carbonyl (C=O) groups is 1. The molecule has 0 saturated heterocycles. The topological polar surface area (TPSA) is 99.7 Å². The molecule has 3 rings (SSSR count). The largest absolute Gasteiger partial charge is 0.496 e. The minimum absolute atomic E-state index is 0.268. The molecule has 1 N–H and O–H groups in total. The molecule has 0 aliphatic heterocycles. The highest BCUT2D eigenvalue weighted by Gasteiger charge is 2.15. The Morgan fingerprint density at radius 2 is 1.70 bits per heavy atom. The van der Waals surface area contributed by atoms with E-state index in [0.29, 0.717) is 33.7 Å². The fourth-order valence-electron chi connectivity index (χ4n) is 2.91. The Morgan fingerprint density at radius 3 is 2.40 bits per heavy atom. The van der Waals surface area contributed by atoms with Crippen molar-refractivity contribution in [3.63, 3.8) is 0 Å². The van der Waals surface area contributed by atoms with Crippen LogP contribution in [0.15, 0.2) is 47.3 Å². The van der Waals surface area contributed by atoms with Crippen molar-refractivity contribution in [3.05, 3.63) is 64.2 Å². The van der Waals surface area contributed by atoms with Gasteiger partial charge in [-0.05, 0) is 31.2 Å². The van der Waals surface area contributed by atoms with Crippen LogP contribution in [-0.4, -0.2) is 37.3 Å². The molecule has 0 unspecified atom stereocenters. The van der Waals surface area contributed by atoms with Crippen molar-refractivity contribution < 1.29 is 23.7 Å². The number of carbonyl (C=O) groups excluding carboxylic acids is 1. The molecule has 0 radical (unpaired) electrons. The van der Waals surface area contributed by atoms with Crippen LogP contribution in [-0.2, 0) is 9.53 Å². The average molecular weight is 410 g/mol. The van der Waals surface area contributed by atoms with Gasteiger partial charge in [-0.3, -0.25) is 4.79 Å². The first-order valence-electron chi connectivity index (χ1n) is 9.14. The number of aromatic nitrogens is 2. The number of H-pyrrole nitrogens is 1. The number of hydrogen-bond donors (Lipinski definition) is 1. The van der Waals surface area contributed by atoms with Crippen molar-refractivity contribution in [1.82, 2.24) is 9.97 Å². The Labute approximate surface area is 173 Å². The van der Waals surface area contributed by atoms with Crippen LogP contribution in [0, 0.1) is 0 Å². The summed E-state index contributed by atoms with van der Waals surface area (Å²) in [6.07, 6.45) is 2.07. The van der Waals surface area contributed by atoms with Gasteiger partial charge in [0, 0.05) is 17.7 Å². The summed E-state index contributed by atoms with van der Waals surface area (Å²) in [5.41, 5.74) is 0.853. The number of rotatable bonds is 7. The summed E-state index contributed by atoms with van der Waals surface area (Å²) < 4.78 is 21.2. The van der Waals surface area contributed by atoms with Gasteiger partial charge in [0.25, 0.3) is 5.56 Å². The van der Waals surface area contributed by atoms with Gasteiger partial charge in [-0.15, -0.1) is 0 Å². The van der Waals surface area contributed by atoms with Crippen LogP contribution >= 0.6 is 0 Å². The molecule has 1 atom stereocenters. The molecule has 0 spiro atoms. The minimum atomic E-state index is -0.744. The summed E-state index contributed by atoms with van der Waals surface area (Å²) >= 11 is 0. The number of esters is 1. The van der Waals surface area contributed by atoms with Crippen LogP contribution in [0.3, 0.4) is 0 Å². The van der Waals surface area contributed by atoms with Gasteiger partial charge in [0.2, 0.25) is 0 Å². The molecule has 0 bridgehead atoms. The van der Waals surface area contributed by atoms with Gasteiger partial charge in [-0.2, -0.15) is 0 Å². The predicted molar refractivity (Wildman–Crippen MR) is 112 cm³/mol. The maximum atomic E-state index is 12.3. The number of nitrogens with one attached hydrogen (secondary N) is 1. The van der Waals surface area contributed by atoms with Crippen molar-refractivity contribution in [1.29, 1.82) is 0 Å². The number of benzene rings is 2. The van der Waals surface area contributed by atoms with E-state index in [1.807, 2.05) is 0 Å². The minimum Gasteiger partial charge on any atom is -0.496 e. The zero-order chi connectivity index (χ0) is 21.7. The monoisotopic (exact) mass is 410 g/mol. The van der Waals surface area contributed by atoms with Crippen molar-refractivity contribution in [3.8, 4) is 17.2 Å². The standard InChI is InChI=1S/C22H22N2O6/c1-13(21-23-16-8-6-5-7-15(16)22(26)24-21)30-20(25)10-9-14-11-18(28-3)19(29-4)12-17(14)27-2/h5-13H,1-4H3,(H,23,24,26)/b10-9+/t13-/m1/s1. The first-order chi connectivity index (χ1) is 14.5. The van der Waals surface area contributed by atoms with E-state index in [1.165, 1.54) is 27.4 Å². The highest BCUT2D eigenvalue weighted by molar-refractivity contribution is 5.88. The Morgan fingerprint density at radius 1 is 1.03 bits per heavy atom. The van der Waals surface area contributed by atoms with E-state index in [0.717, 1.165) is 0 Å². The summed E-state index contributed by atoms with van der Waals surface area (Å²) in [5.74, 6) is 1.18. The molecule has 0 saturated carbocycles. The zero-order valence-electron chi connectivity index (χ0n) is 17.1. The highest BCUT2D eigenvalue weighted by atomic mass is 16.5. The summed E-state index contributed by atoms with van der Waals surface area (Å²) in [5, 5.41) is 0.472. The van der Waals surface area contributed by atoms with E-state index >= 15 is 0 Å². The maximum absolute atomic E-state index is 12.3. The van der Waals surface area contributed by atoms with E-state index in [2.05, 4.69) is 9.97 Å². The first-order valence-corrected chi connectivity index (χ1v) is 9.14. The van der Waals surface area contributed by atoms with Crippen LogP contribution in [0.4, 0.5) is 0 Å². The molecule has 0 aliphatic carbocycles. The number of aromatic amines is 1. The van der Waals surface area contributed by atoms with Gasteiger partial charge < -0.3 is 23.9 Å². The third kappa shape index (κ3) is 4.43. The van der Waals surface area contributed by atoms with Gasteiger partial charge in [0.1, 0.15) is 5.75 Å². The maximum Gasteiger partial charge on any atom is 0.331 e. The van der Waals surface area contributed by atoms with Gasteiger partial charge >= 0.3 is 5.97 Å². The number of methoxy groups -OCH3 is 3. The van der Waals surface area contributed by atoms with Crippen molar-refractivity contribution in [2.24, 2.45) is 0 Å². The molecule has 2 aromatic carbocycles. The second kappa shape index (κ2) is 9.13. The highest BCUT2D eigenvalue weighted by Crippen LogP contribution is 2.35. The van der Waals surface area contributed by atoms with E-state index < -0.39 is 12.1 Å². The fourth-order valence-corrected chi connectivity index (χ4v) is 2.91. The van der Waals surface area contributed by atoms with Crippen LogP contribution in [0.25, 0.3) is 17.0 Å². The van der Waals surface area contributed by atoms with E-state index in [1.54, 1.807) is 49.4 Å². The summed E-state index contributed by atoms with van der Waals surface area (Å²) in [6, 6.07) is 10.3. The third-order valence-electron chi connectivity index (χ3n) is 4.44. The summed E-state index contributed by atoms with van der Waals surface area (Å²) in [6.45, 7) is 1.63. The van der Waals surface area contributed by atoms with Crippen molar-refractivity contribution in [2.45, 2.75) is 13.0 Å². The van der Waals surface area contributed by atoms with Crippen LogP contribution < -0.4 is 19.8 Å². The average Bonchev–Trinajstić information content (AvgIpc) is 2.76. The SMILES string of the molecule is COc1cc(OC)c(OC)cc1/C=C/C(=O)O[C@H](C)c1nc2ccccc2c(=O)[nH]1. The second-order valence-corrected chi connectivity index (χ2v) is 6.33. The Hall–Kier alpha value is -3.81. The number of ether oxygens (including phenoxy) is 4. The van der Waals surface area contributed by atoms with Crippen LogP contribution in [0.1, 0.15) is 24.4 Å². The lowest BCUT2D eigenvalue weighted by atomic mass is 10.1. The van der Waals surface area contributed by atoms with Gasteiger partial charge in [-0.25, -0.2) is 9.78 Å². The molecular formula is C22H22N2O6. The molecule has 0 amide bonds. The molecule has 8 heteroatoms. The summed E-state index contributed by atoms with van der Waals surface area (Å²) in [4.78, 5) is 31.5. The molecule has 30 heavy (non-hydrogen) atoms. The lowest BCUT2D eigenvalue weighted by Crippen LogP contribution is -2.16. The molecule has 156 valence electrons. The third-order valence-corrected chi connectivity index (χ3v) is 4.44. The molecule has 3 aromatic rings. The molecule has 0 fully saturated rings. The molecule has 1 aromatic heterocycles. The van der Waals surface area contributed by atoms with E-state index in [-0.39, 0.29) is 11.4 Å². The lowest BCUT2D eigenvalue weighted by molar-refractivity contribution is -0.142. The van der Waals surface area contributed by atoms with Gasteiger partial charge in [-0.1, -0.05) is 12.1 Å². The van der Waals surface area contributed by atoms with Crippen LogP contribution in [0.5, 0.6) is 17.2 Å². The Balaban J connectivity index is 1.78. The number of para-hydroxylation sites is 1. The normalized spacial score (nSPS) is 12.0. The quantitative estimate of drug-likeness (QED) is 0.471. The van der Waals surface area contributed by atoms with E-state index in [4.69, 9.17) is 18.9 Å². The van der Waals surface area contributed by atoms with Gasteiger partial charge in [0.05, 0.1) is 32.2 Å². The smallest absolute Gasteiger partial charge is 0.331 e. The molecular weight excluding hydrogens is 388 g/mol. The number of fused-ring (bicyclic) bond motifs is 1. The van der Waals surface area contributed by atoms with Gasteiger partial charge in [0.15, 0.2) is 23.4 Å². The van der Waals surface area contributed by atoms with Crippen molar-refractivity contribution >= 4 is 22.9 Å². The van der Waals surface area contributed by atoms with E-state index in [9.17, 15) is 9.59 Å². The first kappa shape index (κ1) is 20.9. The molecule has 8 nitrogen and oxygen atoms in total. The van der Waals surface area contributed by atoms with Crippen molar-refractivity contribution in [2.75, 3.05) is 21.3 Å². The zero-order valence-corrected chi connectivity index (χ0v) is 17.1. The molecule has 1 heterocycles. The second-order valence-electron chi connectivity index (χ2n) is 6.33. The predicted octanol–water partition coefficient (Wildman–Crippen LogP) is 3.27. The van der Waals surface area contributed by atoms with Crippen LogP contribution in [0.2, 0.25) is 0 Å². The Kier molecular flexibility index (Phi) is 6.36. The Bertz CT molecular complexity index is 1150. The molecule has 0 aliphatic rings. The number of hydrogen-bond acceptors (Lipinski definition) is 7. The fraction of sp³-hybridized carbons (Fsp3) is 0.227. The summed E-state index contributed by atoms with van der Waals surface area (Å²) in [7, 11) is 4.56. The lowest BCUT2D eigenvalue weighted by Gasteiger charge is -2.13.